The number of urea groups is 1. The zero-order valence-corrected chi connectivity index (χ0v) is 43.7. The van der Waals surface area contributed by atoms with Crippen LogP contribution in [0.1, 0.15) is 38.1 Å². The van der Waals surface area contributed by atoms with Crippen LogP contribution in [0, 0.1) is 0 Å². The van der Waals surface area contributed by atoms with Crippen LogP contribution >= 0.6 is 46.3 Å². The number of rotatable bonds is 19. The molecule has 1 fully saturated rings. The molecule has 18 nitrogen and oxygen atoms in total. The normalized spacial score (nSPS) is 16.9. The number of aromatic nitrogens is 1. The molecule has 3 aromatic carbocycles. The number of imide groups is 2. The number of carbonyl (C=O) groups excluding carboxylic acids is 4. The zero-order chi connectivity index (χ0) is 48.2. The fourth-order valence-electron chi connectivity index (χ4n) is 7.39. The van der Waals surface area contributed by atoms with Gasteiger partial charge in [0.05, 0.1) is 50.7 Å². The van der Waals surface area contributed by atoms with Crippen molar-refractivity contribution < 1.29 is 88.7 Å². The van der Waals surface area contributed by atoms with Crippen molar-refractivity contribution in [3.8, 4) is 5.75 Å². The molecule has 3 aliphatic heterocycles. The van der Waals surface area contributed by atoms with Crippen LogP contribution in [0.15, 0.2) is 93.0 Å². The minimum atomic E-state index is -4.76. The van der Waals surface area contributed by atoms with Crippen molar-refractivity contribution in [3.63, 3.8) is 0 Å². The summed E-state index contributed by atoms with van der Waals surface area (Å²) < 4.78 is 83.8. The molecule has 0 aliphatic carbocycles. The van der Waals surface area contributed by atoms with Gasteiger partial charge >= 0.3 is 35.6 Å². The molecule has 1 aromatic heterocycles. The van der Waals surface area contributed by atoms with E-state index in [1.807, 2.05) is 40.7 Å². The molecule has 25 heteroatoms. The first-order chi connectivity index (χ1) is 31.9. The van der Waals surface area contributed by atoms with Gasteiger partial charge in [0.2, 0.25) is 17.3 Å². The molecule has 68 heavy (non-hydrogen) atoms. The second kappa shape index (κ2) is 22.8. The predicted molar refractivity (Wildman–Crippen MR) is 251 cm³/mol. The number of carbonyl (C=O) groups is 4. The molecule has 0 spiro atoms. The van der Waals surface area contributed by atoms with Gasteiger partial charge in [-0.05, 0) is 74.0 Å². The van der Waals surface area contributed by atoms with Crippen LogP contribution in [-0.4, -0.2) is 111 Å². The first-order valence-electron chi connectivity index (χ1n) is 20.9. The molecule has 0 saturated carbocycles. The maximum Gasteiger partial charge on any atom is 1.00 e. The van der Waals surface area contributed by atoms with Crippen LogP contribution < -0.4 is 54.0 Å². The second-order valence-corrected chi connectivity index (χ2v) is 21.0. The van der Waals surface area contributed by atoms with Crippen molar-refractivity contribution in [1.82, 2.24) is 15.1 Å². The van der Waals surface area contributed by atoms with Gasteiger partial charge in [-0.15, -0.1) is 0 Å². The SMILES string of the molecule is CCCCN1C(=O)C(=CC=C2Oc3ccc(S(=O)(=O)[O-])cc3N2CC)C(=O)N(CC(=O)NCCOCCN2C(=Cc3sc4ccc(Cl)cc4[n+]3CCCS(=O)(=O)[O-])Sc3ccc(Cl)cc32)C1=O.[Na+]. The Hall–Kier alpha value is -4.04. The van der Waals surface area contributed by atoms with Crippen LogP contribution in [0.5, 0.6) is 5.75 Å². The largest absolute Gasteiger partial charge is 1.00 e. The quantitative estimate of drug-likeness (QED) is 0.0356. The van der Waals surface area contributed by atoms with Crippen LogP contribution in [0.4, 0.5) is 16.2 Å². The number of thiazole rings is 1. The van der Waals surface area contributed by atoms with Gasteiger partial charge in [-0.25, -0.2) is 26.5 Å². The molecule has 7 rings (SSSR count). The van der Waals surface area contributed by atoms with Gasteiger partial charge in [0.15, 0.2) is 12.3 Å². The van der Waals surface area contributed by atoms with Gasteiger partial charge in [0.1, 0.15) is 26.9 Å². The molecule has 356 valence electrons. The third-order valence-corrected chi connectivity index (χ3v) is 14.9. The number of halogens is 2. The van der Waals surface area contributed by atoms with Gasteiger partial charge < -0.3 is 33.7 Å². The number of benzene rings is 3. The van der Waals surface area contributed by atoms with E-state index >= 15 is 0 Å². The summed E-state index contributed by atoms with van der Waals surface area (Å²) in [4.78, 5) is 59.6. The van der Waals surface area contributed by atoms with E-state index in [-0.39, 0.29) is 92.7 Å². The Balaban J connectivity index is 0.00000761. The van der Waals surface area contributed by atoms with Gasteiger partial charge in [-0.1, -0.05) is 59.6 Å². The Morgan fingerprint density at radius 1 is 0.868 bits per heavy atom. The number of ether oxygens (including phenoxy) is 2. The van der Waals surface area contributed by atoms with E-state index in [1.54, 1.807) is 30.0 Å². The molecule has 5 amide bonds. The Labute approximate surface area is 433 Å². The maximum atomic E-state index is 13.7. The summed E-state index contributed by atoms with van der Waals surface area (Å²) in [5, 5.41) is 5.32. The second-order valence-electron chi connectivity index (χ2n) is 15.1. The number of anilines is 2. The number of nitrogens with zero attached hydrogens (tertiary/aromatic N) is 5. The van der Waals surface area contributed by atoms with Gasteiger partial charge in [0, 0.05) is 59.4 Å². The Morgan fingerprint density at radius 3 is 2.32 bits per heavy atom. The van der Waals surface area contributed by atoms with Gasteiger partial charge in [0.25, 0.3) is 16.8 Å². The van der Waals surface area contributed by atoms with Crippen molar-refractivity contribution in [2.24, 2.45) is 0 Å². The molecule has 0 bridgehead atoms. The van der Waals surface area contributed by atoms with E-state index in [2.05, 4.69) is 5.32 Å². The minimum Gasteiger partial charge on any atom is -0.748 e. The number of allylic oxidation sites excluding steroid dienone is 2. The van der Waals surface area contributed by atoms with E-state index in [9.17, 15) is 45.1 Å². The number of unbranched alkanes of at least 4 members (excludes halogenated alkanes) is 1. The molecule has 0 unspecified atom stereocenters. The Bertz CT molecular complexity index is 2970. The molecule has 3 aliphatic rings. The van der Waals surface area contributed by atoms with E-state index < -0.39 is 66.8 Å². The predicted octanol–water partition coefficient (Wildman–Crippen LogP) is 2.66. The number of aryl methyl sites for hydroxylation is 1. The van der Waals surface area contributed by atoms with Crippen LogP contribution in [0.3, 0.4) is 0 Å². The monoisotopic (exact) mass is 1060 g/mol. The van der Waals surface area contributed by atoms with Crippen LogP contribution in [-0.2, 0) is 45.9 Å². The van der Waals surface area contributed by atoms with Crippen molar-refractivity contribution in [2.75, 3.05) is 61.5 Å². The number of barbiturate groups is 1. The summed E-state index contributed by atoms with van der Waals surface area (Å²) >= 11 is 15.7. The third kappa shape index (κ3) is 12.5. The number of fused-ring (bicyclic) bond motifs is 3. The van der Waals surface area contributed by atoms with E-state index in [4.69, 9.17) is 32.7 Å². The van der Waals surface area contributed by atoms with Crippen molar-refractivity contribution in [3.05, 3.63) is 98.3 Å². The fraction of sp³-hybridized carbons (Fsp3) is 0.326. The van der Waals surface area contributed by atoms with Crippen LogP contribution in [0.2, 0.25) is 10.0 Å². The number of amides is 5. The molecular weight excluding hydrogens is 1010 g/mol. The summed E-state index contributed by atoms with van der Waals surface area (Å²) in [7, 11) is -9.18. The summed E-state index contributed by atoms with van der Waals surface area (Å²) in [5.41, 5.74) is 1.52. The number of hydrogen-bond donors (Lipinski definition) is 1. The molecule has 1 saturated heterocycles. The average molecular weight is 1060 g/mol. The Kier molecular flexibility index (Phi) is 17.9. The fourth-order valence-corrected chi connectivity index (χ4v) is 11.0. The number of hydrogen-bond acceptors (Lipinski definition) is 16. The first kappa shape index (κ1) is 53.3. The van der Waals surface area contributed by atoms with Crippen LogP contribution in [0.25, 0.3) is 16.3 Å². The topological polar surface area (TPSA) is 230 Å². The average Bonchev–Trinajstić information content (AvgIpc) is 3.92. The molecule has 4 heterocycles. The molecule has 0 atom stereocenters. The Morgan fingerprint density at radius 2 is 1.60 bits per heavy atom. The summed E-state index contributed by atoms with van der Waals surface area (Å²) in [6.45, 7) is 4.08. The summed E-state index contributed by atoms with van der Waals surface area (Å²) in [6.07, 6.45) is 5.65. The zero-order valence-electron chi connectivity index (χ0n) is 36.9. The molecule has 1 N–H and O–H groups in total. The molecule has 0 radical (unpaired) electrons. The van der Waals surface area contributed by atoms with Crippen molar-refractivity contribution in [1.29, 1.82) is 0 Å². The number of nitrogens with one attached hydrogen (secondary N) is 1. The summed E-state index contributed by atoms with van der Waals surface area (Å²) in [5.74, 6) is -2.69. The summed E-state index contributed by atoms with van der Waals surface area (Å²) in [6, 6.07) is 13.6. The molecular formula is C43H43Cl2N6NaO12S4. The van der Waals surface area contributed by atoms with E-state index in [0.717, 1.165) is 41.8 Å². The van der Waals surface area contributed by atoms with E-state index in [1.165, 1.54) is 47.4 Å². The standard InChI is InChI=1S/C43H44Cl2N6O12S4.Na/c1-3-5-16-50-41(53)30(10-14-38-47(4-2)31-24-29(67(59,60)61)9-11-34(31)63-38)42(54)51(43(50)55)26-37(52)46-15-19-62-20-18-49-33-23-28(45)8-13-36(33)65-40(49)25-39-48(17-6-21-66(56,57)58)32-22-27(44)7-12-35(32)64-39;/h7-14,22-25H,3-6,15-21,26H2,1-2H3,(H2-,46,52,56,57,58,59,60,61);/q;+1/p-1. The molecule has 4 aromatic rings. The van der Waals surface area contributed by atoms with Gasteiger partial charge in [-0.3, -0.25) is 19.3 Å². The first-order valence-corrected chi connectivity index (χ1v) is 26.3. The van der Waals surface area contributed by atoms with Gasteiger partial charge in [-0.2, -0.15) is 4.57 Å². The van der Waals surface area contributed by atoms with Crippen molar-refractivity contribution in [2.45, 2.75) is 49.4 Å². The van der Waals surface area contributed by atoms with E-state index in [0.29, 0.717) is 34.3 Å². The maximum absolute atomic E-state index is 13.7. The smallest absolute Gasteiger partial charge is 0.748 e. The van der Waals surface area contributed by atoms with Crippen molar-refractivity contribution >= 4 is 118 Å². The minimum absolute atomic E-state index is 0. The number of thioether (sulfide) groups is 1. The third-order valence-electron chi connectivity index (χ3n) is 10.6.